The van der Waals surface area contributed by atoms with Crippen molar-refractivity contribution in [3.63, 3.8) is 0 Å². The van der Waals surface area contributed by atoms with Gasteiger partial charge in [0.1, 0.15) is 11.0 Å². The Balaban J connectivity index is 1.57. The van der Waals surface area contributed by atoms with Crippen LogP contribution in [0.25, 0.3) is 11.0 Å². The Morgan fingerprint density at radius 2 is 2.22 bits per heavy atom. The normalized spacial score (nSPS) is 18.2. The number of anilines is 1. The lowest BCUT2D eigenvalue weighted by atomic mass is 10.2. The molecule has 2 N–H and O–H groups in total. The van der Waals surface area contributed by atoms with E-state index in [0.29, 0.717) is 29.3 Å². The number of rotatable bonds is 4. The highest BCUT2D eigenvalue weighted by molar-refractivity contribution is 7.00. The lowest BCUT2D eigenvalue weighted by Crippen LogP contribution is -2.43. The predicted octanol–water partition coefficient (Wildman–Crippen LogP) is 1.23. The number of amides is 2. The zero-order valence-electron chi connectivity index (χ0n) is 12.9. The third kappa shape index (κ3) is 3.48. The summed E-state index contributed by atoms with van der Waals surface area (Å²) in [6.07, 6.45) is 2.19. The van der Waals surface area contributed by atoms with Crippen LogP contribution in [0.3, 0.4) is 0 Å². The maximum Gasteiger partial charge on any atom is 0.313 e. The zero-order valence-corrected chi connectivity index (χ0v) is 13.7. The SMILES string of the molecule is CCN1CCC[C@H]1CNC(=O)C(=O)Nc1cccc2nsnc12. The van der Waals surface area contributed by atoms with E-state index in [2.05, 4.69) is 31.2 Å². The second-order valence-electron chi connectivity index (χ2n) is 5.53. The molecule has 2 aromatic rings. The molecular weight excluding hydrogens is 314 g/mol. The van der Waals surface area contributed by atoms with Crippen LogP contribution in [-0.2, 0) is 9.59 Å². The van der Waals surface area contributed by atoms with Gasteiger partial charge in [0, 0.05) is 12.6 Å². The highest BCUT2D eigenvalue weighted by Crippen LogP contribution is 2.21. The van der Waals surface area contributed by atoms with E-state index in [-0.39, 0.29) is 0 Å². The van der Waals surface area contributed by atoms with Gasteiger partial charge >= 0.3 is 11.8 Å². The summed E-state index contributed by atoms with van der Waals surface area (Å²) in [5, 5.41) is 5.34. The van der Waals surface area contributed by atoms with E-state index in [9.17, 15) is 9.59 Å². The number of nitrogens with zero attached hydrogens (tertiary/aromatic N) is 3. The first-order chi connectivity index (χ1) is 11.2. The topological polar surface area (TPSA) is 87.2 Å². The molecule has 1 fully saturated rings. The minimum Gasteiger partial charge on any atom is -0.346 e. The van der Waals surface area contributed by atoms with Crippen molar-refractivity contribution in [2.45, 2.75) is 25.8 Å². The summed E-state index contributed by atoms with van der Waals surface area (Å²) in [5.74, 6) is -1.29. The molecule has 1 atom stereocenters. The fraction of sp³-hybridized carbons (Fsp3) is 0.467. The van der Waals surface area contributed by atoms with E-state index in [1.807, 2.05) is 6.07 Å². The number of carbonyl (C=O) groups excluding carboxylic acids is 2. The zero-order chi connectivity index (χ0) is 16.2. The molecule has 0 unspecified atom stereocenters. The van der Waals surface area contributed by atoms with Crippen LogP contribution in [-0.4, -0.2) is 51.1 Å². The van der Waals surface area contributed by atoms with Gasteiger partial charge in [-0.05, 0) is 38.1 Å². The highest BCUT2D eigenvalue weighted by Gasteiger charge is 2.24. The molecule has 0 bridgehead atoms. The minimum absolute atomic E-state index is 0.322. The quantitative estimate of drug-likeness (QED) is 0.822. The van der Waals surface area contributed by atoms with Gasteiger partial charge in [-0.2, -0.15) is 8.75 Å². The molecule has 0 radical (unpaired) electrons. The summed E-state index contributed by atoms with van der Waals surface area (Å²) >= 11 is 1.07. The molecule has 0 spiro atoms. The minimum atomic E-state index is -0.674. The van der Waals surface area contributed by atoms with E-state index in [4.69, 9.17) is 0 Å². The van der Waals surface area contributed by atoms with Crippen LogP contribution < -0.4 is 10.6 Å². The molecule has 3 rings (SSSR count). The van der Waals surface area contributed by atoms with Gasteiger partial charge in [-0.3, -0.25) is 14.5 Å². The number of benzene rings is 1. The first-order valence-corrected chi connectivity index (χ1v) is 8.46. The smallest absolute Gasteiger partial charge is 0.313 e. The standard InChI is InChI=1S/C15H19N5O2S/c1-2-20-8-4-5-10(20)9-16-14(21)15(22)17-11-6-3-7-12-13(11)19-23-18-12/h3,6-7,10H,2,4-5,8-9H2,1H3,(H,16,21)(H,17,22)/t10-/m0/s1. The third-order valence-electron chi connectivity index (χ3n) is 4.14. The van der Waals surface area contributed by atoms with E-state index in [1.54, 1.807) is 12.1 Å². The maximum atomic E-state index is 12.1. The number of carbonyl (C=O) groups is 2. The molecule has 8 heteroatoms. The van der Waals surface area contributed by atoms with Gasteiger partial charge in [0.05, 0.1) is 17.4 Å². The van der Waals surface area contributed by atoms with Crippen molar-refractivity contribution in [2.75, 3.05) is 25.0 Å². The van der Waals surface area contributed by atoms with Crippen LogP contribution in [0.15, 0.2) is 18.2 Å². The molecule has 2 heterocycles. The number of likely N-dealkylation sites (tertiary alicyclic amines) is 1. The monoisotopic (exact) mass is 333 g/mol. The van der Waals surface area contributed by atoms with Gasteiger partial charge < -0.3 is 10.6 Å². The molecular formula is C15H19N5O2S. The van der Waals surface area contributed by atoms with E-state index < -0.39 is 11.8 Å². The van der Waals surface area contributed by atoms with E-state index in [0.717, 1.165) is 37.7 Å². The fourth-order valence-corrected chi connectivity index (χ4v) is 3.47. The number of fused-ring (bicyclic) bond motifs is 1. The van der Waals surface area contributed by atoms with Gasteiger partial charge in [-0.25, -0.2) is 0 Å². The number of hydrogen-bond donors (Lipinski definition) is 2. The Labute approximate surface area is 138 Å². The van der Waals surface area contributed by atoms with Crippen LogP contribution >= 0.6 is 11.7 Å². The van der Waals surface area contributed by atoms with Crippen LogP contribution in [0.4, 0.5) is 5.69 Å². The Hall–Kier alpha value is -2.06. The van der Waals surface area contributed by atoms with Crippen molar-refractivity contribution in [3.8, 4) is 0 Å². The Morgan fingerprint density at radius 1 is 1.35 bits per heavy atom. The Kier molecular flexibility index (Phi) is 4.82. The molecule has 2 amide bonds. The summed E-state index contributed by atoms with van der Waals surface area (Å²) in [6.45, 7) is 4.63. The predicted molar refractivity (Wildman–Crippen MR) is 89.3 cm³/mol. The fourth-order valence-electron chi connectivity index (χ4n) is 2.92. The largest absolute Gasteiger partial charge is 0.346 e. The van der Waals surface area contributed by atoms with Crippen LogP contribution in [0.1, 0.15) is 19.8 Å². The van der Waals surface area contributed by atoms with Crippen molar-refractivity contribution in [3.05, 3.63) is 18.2 Å². The molecule has 1 aromatic heterocycles. The van der Waals surface area contributed by atoms with Gasteiger partial charge in [-0.1, -0.05) is 13.0 Å². The lowest BCUT2D eigenvalue weighted by molar-refractivity contribution is -0.136. The summed E-state index contributed by atoms with van der Waals surface area (Å²) in [4.78, 5) is 26.4. The second-order valence-corrected chi connectivity index (χ2v) is 6.05. The molecule has 0 aliphatic carbocycles. The Morgan fingerprint density at radius 3 is 3.04 bits per heavy atom. The number of hydrogen-bond acceptors (Lipinski definition) is 6. The third-order valence-corrected chi connectivity index (χ3v) is 4.69. The molecule has 7 nitrogen and oxygen atoms in total. The van der Waals surface area contributed by atoms with E-state index >= 15 is 0 Å². The average molecular weight is 333 g/mol. The molecule has 1 aliphatic heterocycles. The summed E-state index contributed by atoms with van der Waals surface area (Å²) < 4.78 is 8.25. The van der Waals surface area contributed by atoms with Gasteiger partial charge in [0.2, 0.25) is 0 Å². The van der Waals surface area contributed by atoms with Gasteiger partial charge in [0.25, 0.3) is 0 Å². The summed E-state index contributed by atoms with van der Waals surface area (Å²) in [5.41, 5.74) is 1.82. The van der Waals surface area contributed by atoms with Crippen LogP contribution in [0.5, 0.6) is 0 Å². The molecule has 1 aliphatic rings. The molecule has 1 aromatic carbocycles. The van der Waals surface area contributed by atoms with Crippen LogP contribution in [0, 0.1) is 0 Å². The molecule has 23 heavy (non-hydrogen) atoms. The maximum absolute atomic E-state index is 12.1. The molecule has 122 valence electrons. The first-order valence-electron chi connectivity index (χ1n) is 7.73. The van der Waals surface area contributed by atoms with Crippen molar-refractivity contribution < 1.29 is 9.59 Å². The number of aromatic nitrogens is 2. The van der Waals surface area contributed by atoms with Crippen molar-refractivity contribution in [2.24, 2.45) is 0 Å². The van der Waals surface area contributed by atoms with Crippen molar-refractivity contribution in [1.82, 2.24) is 19.0 Å². The summed E-state index contributed by atoms with van der Waals surface area (Å²) in [7, 11) is 0. The van der Waals surface area contributed by atoms with E-state index in [1.165, 1.54) is 0 Å². The van der Waals surface area contributed by atoms with Crippen molar-refractivity contribution in [1.29, 1.82) is 0 Å². The first kappa shape index (κ1) is 15.8. The number of likely N-dealkylation sites (N-methyl/N-ethyl adjacent to an activating group) is 1. The van der Waals surface area contributed by atoms with Gasteiger partial charge in [-0.15, -0.1) is 0 Å². The van der Waals surface area contributed by atoms with Gasteiger partial charge in [0.15, 0.2) is 0 Å². The second kappa shape index (κ2) is 7.01. The summed E-state index contributed by atoms with van der Waals surface area (Å²) in [6, 6.07) is 5.62. The molecule has 1 saturated heterocycles. The Bertz CT molecular complexity index is 717. The lowest BCUT2D eigenvalue weighted by Gasteiger charge is -2.22. The average Bonchev–Trinajstić information content (AvgIpc) is 3.21. The van der Waals surface area contributed by atoms with Crippen LogP contribution in [0.2, 0.25) is 0 Å². The number of nitrogens with one attached hydrogen (secondary N) is 2. The highest BCUT2D eigenvalue weighted by atomic mass is 32.1. The van der Waals surface area contributed by atoms with Crippen molar-refractivity contribution >= 4 is 40.3 Å². The molecule has 0 saturated carbocycles.